The van der Waals surface area contributed by atoms with Crippen LogP contribution in [0, 0.1) is 0 Å². The minimum atomic E-state index is -0.205. The molecule has 0 aliphatic carbocycles. The molecule has 1 N–H and O–H groups in total. The number of nitrogens with one attached hydrogen (secondary N) is 1. The number of carbonyl (C=O) groups excluding carboxylic acids is 2. The monoisotopic (exact) mass is 395 g/mol. The number of ether oxygens (including phenoxy) is 1. The molecule has 29 heavy (non-hydrogen) atoms. The van der Waals surface area contributed by atoms with E-state index in [1.807, 2.05) is 17.0 Å². The summed E-state index contributed by atoms with van der Waals surface area (Å²) < 4.78 is 4.82. The fourth-order valence-electron chi connectivity index (χ4n) is 3.45. The SMILES string of the molecule is COCC(=O)Nc1ccc(N2CCCN(Cc3ccc(C(C)C)cc3)C2=O)cc1. The van der Waals surface area contributed by atoms with Gasteiger partial charge in [0, 0.05) is 38.1 Å². The number of anilines is 2. The summed E-state index contributed by atoms with van der Waals surface area (Å²) in [7, 11) is 1.48. The van der Waals surface area contributed by atoms with Crippen LogP contribution in [0.15, 0.2) is 48.5 Å². The normalized spacial score (nSPS) is 14.4. The third-order valence-corrected chi connectivity index (χ3v) is 5.07. The Morgan fingerprint density at radius 3 is 2.38 bits per heavy atom. The molecule has 2 aromatic carbocycles. The van der Waals surface area contributed by atoms with Gasteiger partial charge in [0.2, 0.25) is 5.91 Å². The predicted octanol–water partition coefficient (Wildman–Crippen LogP) is 4.23. The van der Waals surface area contributed by atoms with Crippen LogP contribution < -0.4 is 10.2 Å². The lowest BCUT2D eigenvalue weighted by atomic mass is 10.0. The van der Waals surface area contributed by atoms with Crippen molar-refractivity contribution in [3.63, 3.8) is 0 Å². The molecular weight excluding hydrogens is 366 g/mol. The van der Waals surface area contributed by atoms with Crippen LogP contribution in [0.5, 0.6) is 0 Å². The molecule has 0 bridgehead atoms. The Bertz CT molecular complexity index is 831. The number of methoxy groups -OCH3 is 1. The maximum Gasteiger partial charge on any atom is 0.324 e. The van der Waals surface area contributed by atoms with Gasteiger partial charge in [-0.1, -0.05) is 38.1 Å². The lowest BCUT2D eigenvalue weighted by Crippen LogP contribution is -2.49. The van der Waals surface area contributed by atoms with Crippen molar-refractivity contribution in [2.45, 2.75) is 32.7 Å². The number of urea groups is 1. The largest absolute Gasteiger partial charge is 0.375 e. The summed E-state index contributed by atoms with van der Waals surface area (Å²) in [4.78, 5) is 28.3. The molecule has 3 amide bonds. The van der Waals surface area contributed by atoms with Gasteiger partial charge in [-0.15, -0.1) is 0 Å². The van der Waals surface area contributed by atoms with Gasteiger partial charge < -0.3 is 15.0 Å². The second-order valence-electron chi connectivity index (χ2n) is 7.63. The number of nitrogens with zero attached hydrogens (tertiary/aromatic N) is 2. The van der Waals surface area contributed by atoms with Gasteiger partial charge >= 0.3 is 6.03 Å². The molecule has 0 aromatic heterocycles. The number of carbonyl (C=O) groups is 2. The average Bonchev–Trinajstić information content (AvgIpc) is 2.71. The van der Waals surface area contributed by atoms with Crippen LogP contribution in [-0.4, -0.2) is 43.6 Å². The third-order valence-electron chi connectivity index (χ3n) is 5.07. The highest BCUT2D eigenvalue weighted by molar-refractivity contribution is 5.94. The fraction of sp³-hybridized carbons (Fsp3) is 0.391. The molecule has 0 radical (unpaired) electrons. The van der Waals surface area contributed by atoms with Crippen molar-refractivity contribution in [1.29, 1.82) is 0 Å². The maximum absolute atomic E-state index is 13.0. The van der Waals surface area contributed by atoms with Crippen LogP contribution in [0.3, 0.4) is 0 Å². The Morgan fingerprint density at radius 1 is 1.07 bits per heavy atom. The molecule has 0 unspecified atom stereocenters. The maximum atomic E-state index is 13.0. The van der Waals surface area contributed by atoms with Crippen molar-refractivity contribution >= 4 is 23.3 Å². The zero-order valence-electron chi connectivity index (χ0n) is 17.4. The summed E-state index contributed by atoms with van der Waals surface area (Å²) in [6.07, 6.45) is 0.919. The quantitative estimate of drug-likeness (QED) is 0.763. The van der Waals surface area contributed by atoms with Crippen LogP contribution in [-0.2, 0) is 16.1 Å². The van der Waals surface area contributed by atoms with Gasteiger partial charge in [-0.2, -0.15) is 0 Å². The van der Waals surface area contributed by atoms with E-state index in [1.165, 1.54) is 12.7 Å². The Hall–Kier alpha value is -2.86. The average molecular weight is 396 g/mol. The molecule has 3 rings (SSSR count). The standard InChI is InChI=1S/C23H29N3O3/c1-17(2)19-7-5-18(6-8-19)15-25-13-4-14-26(23(25)28)21-11-9-20(10-12-21)24-22(27)16-29-3/h5-12,17H,4,13-16H2,1-3H3,(H,24,27). The van der Waals surface area contributed by atoms with E-state index in [0.29, 0.717) is 24.7 Å². The summed E-state index contributed by atoms with van der Waals surface area (Å²) in [6, 6.07) is 15.9. The predicted molar refractivity (Wildman–Crippen MR) is 115 cm³/mol. The summed E-state index contributed by atoms with van der Waals surface area (Å²) in [5.41, 5.74) is 3.96. The number of hydrogen-bond donors (Lipinski definition) is 1. The summed E-state index contributed by atoms with van der Waals surface area (Å²) >= 11 is 0. The van der Waals surface area contributed by atoms with Gasteiger partial charge in [-0.25, -0.2) is 4.79 Å². The zero-order valence-corrected chi connectivity index (χ0v) is 17.4. The first kappa shape index (κ1) is 20.9. The molecule has 0 spiro atoms. The molecule has 0 atom stereocenters. The second kappa shape index (κ2) is 9.56. The minimum Gasteiger partial charge on any atom is -0.375 e. The van der Waals surface area contributed by atoms with E-state index in [1.54, 1.807) is 17.0 Å². The molecule has 1 fully saturated rings. The van der Waals surface area contributed by atoms with Crippen LogP contribution in [0.4, 0.5) is 16.2 Å². The Morgan fingerprint density at radius 2 is 1.76 bits per heavy atom. The second-order valence-corrected chi connectivity index (χ2v) is 7.63. The van der Waals surface area contributed by atoms with Crippen molar-refractivity contribution < 1.29 is 14.3 Å². The minimum absolute atomic E-state index is 0.0134. The van der Waals surface area contributed by atoms with E-state index in [-0.39, 0.29) is 18.5 Å². The van der Waals surface area contributed by atoms with E-state index in [4.69, 9.17) is 4.74 Å². The van der Waals surface area contributed by atoms with Crippen LogP contribution in [0.25, 0.3) is 0 Å². The molecule has 1 heterocycles. The summed E-state index contributed by atoms with van der Waals surface area (Å²) in [6.45, 7) is 6.42. The van der Waals surface area contributed by atoms with Gasteiger partial charge in [-0.3, -0.25) is 9.69 Å². The Balaban J connectivity index is 1.65. The van der Waals surface area contributed by atoms with Crippen molar-refractivity contribution in [2.24, 2.45) is 0 Å². The summed E-state index contributed by atoms with van der Waals surface area (Å²) in [5.74, 6) is 0.294. The first-order valence-electron chi connectivity index (χ1n) is 10.0. The highest BCUT2D eigenvalue weighted by Gasteiger charge is 2.26. The molecular formula is C23H29N3O3. The zero-order chi connectivity index (χ0) is 20.8. The third kappa shape index (κ3) is 5.35. The van der Waals surface area contributed by atoms with Gasteiger partial charge in [0.05, 0.1) is 0 Å². The number of amides is 3. The van der Waals surface area contributed by atoms with Gasteiger partial charge in [0.25, 0.3) is 0 Å². The summed E-state index contributed by atoms with van der Waals surface area (Å²) in [5, 5.41) is 2.76. The molecule has 0 saturated carbocycles. The van der Waals surface area contributed by atoms with Crippen LogP contribution in [0.2, 0.25) is 0 Å². The van der Waals surface area contributed by atoms with E-state index >= 15 is 0 Å². The Labute approximate surface area is 172 Å². The van der Waals surface area contributed by atoms with Crippen molar-refractivity contribution in [3.8, 4) is 0 Å². The van der Waals surface area contributed by atoms with Gasteiger partial charge in [-0.05, 0) is 47.7 Å². The number of rotatable bonds is 7. The van der Waals surface area contributed by atoms with Crippen molar-refractivity contribution in [2.75, 3.05) is 37.0 Å². The van der Waals surface area contributed by atoms with E-state index in [9.17, 15) is 9.59 Å². The van der Waals surface area contributed by atoms with Crippen LogP contribution in [0.1, 0.15) is 37.3 Å². The van der Waals surface area contributed by atoms with E-state index < -0.39 is 0 Å². The van der Waals surface area contributed by atoms with E-state index in [2.05, 4.69) is 43.4 Å². The van der Waals surface area contributed by atoms with Crippen molar-refractivity contribution in [3.05, 3.63) is 59.7 Å². The van der Waals surface area contributed by atoms with Gasteiger partial charge in [0.1, 0.15) is 6.61 Å². The molecule has 6 nitrogen and oxygen atoms in total. The van der Waals surface area contributed by atoms with Crippen molar-refractivity contribution in [1.82, 2.24) is 4.90 Å². The first-order valence-corrected chi connectivity index (χ1v) is 10.0. The fourth-order valence-corrected chi connectivity index (χ4v) is 3.45. The van der Waals surface area contributed by atoms with Gasteiger partial charge in [0.15, 0.2) is 0 Å². The molecule has 1 aliphatic rings. The smallest absolute Gasteiger partial charge is 0.324 e. The highest BCUT2D eigenvalue weighted by Crippen LogP contribution is 2.24. The molecule has 1 aliphatic heterocycles. The molecule has 2 aromatic rings. The molecule has 154 valence electrons. The highest BCUT2D eigenvalue weighted by atomic mass is 16.5. The lowest BCUT2D eigenvalue weighted by Gasteiger charge is -2.35. The number of hydrogen-bond acceptors (Lipinski definition) is 3. The van der Waals surface area contributed by atoms with E-state index in [0.717, 1.165) is 24.2 Å². The number of benzene rings is 2. The molecule has 6 heteroatoms. The van der Waals surface area contributed by atoms with Crippen LogP contribution >= 0.6 is 0 Å². The topological polar surface area (TPSA) is 61.9 Å². The molecule has 1 saturated heterocycles. The Kier molecular flexibility index (Phi) is 6.88. The lowest BCUT2D eigenvalue weighted by molar-refractivity contribution is -0.119. The first-order chi connectivity index (χ1) is 14.0.